The van der Waals surface area contributed by atoms with Crippen LogP contribution in [0.25, 0.3) is 6.08 Å². The maximum atomic E-state index is 12.7. The highest BCUT2D eigenvalue weighted by Gasteiger charge is 2.30. The van der Waals surface area contributed by atoms with E-state index in [1.165, 1.54) is 12.1 Å². The Bertz CT molecular complexity index is 838. The summed E-state index contributed by atoms with van der Waals surface area (Å²) in [6.07, 6.45) is -3.42. The lowest BCUT2D eigenvalue weighted by atomic mass is 10.1. The summed E-state index contributed by atoms with van der Waals surface area (Å²) >= 11 is 5.91. The third-order valence-electron chi connectivity index (χ3n) is 3.01. The average Bonchev–Trinajstić information content (AvgIpc) is 2.54. The van der Waals surface area contributed by atoms with E-state index in [9.17, 15) is 18.0 Å². The van der Waals surface area contributed by atoms with Crippen molar-refractivity contribution in [2.24, 2.45) is 0 Å². The number of nitriles is 1. The van der Waals surface area contributed by atoms with Gasteiger partial charge >= 0.3 is 6.18 Å². The maximum Gasteiger partial charge on any atom is 0.416 e. The number of benzene rings is 2. The smallest absolute Gasteiger partial charge is 0.320 e. The molecule has 0 aliphatic heterocycles. The topological polar surface area (TPSA) is 52.9 Å². The van der Waals surface area contributed by atoms with Crippen LogP contribution in [-0.4, -0.2) is 5.91 Å². The van der Waals surface area contributed by atoms with Crippen LogP contribution in [0.2, 0.25) is 5.02 Å². The molecule has 0 saturated carbocycles. The Labute approximate surface area is 141 Å². The molecule has 0 atom stereocenters. The molecule has 122 valence electrons. The van der Waals surface area contributed by atoms with E-state index in [2.05, 4.69) is 5.32 Å². The van der Waals surface area contributed by atoms with Crippen LogP contribution in [0.5, 0.6) is 0 Å². The molecule has 3 nitrogen and oxygen atoms in total. The molecule has 24 heavy (non-hydrogen) atoms. The number of nitrogens with one attached hydrogen (secondary N) is 1. The van der Waals surface area contributed by atoms with E-state index in [0.29, 0.717) is 5.69 Å². The summed E-state index contributed by atoms with van der Waals surface area (Å²) in [4.78, 5) is 12.1. The Balaban J connectivity index is 2.28. The van der Waals surface area contributed by atoms with Crippen molar-refractivity contribution in [3.05, 3.63) is 70.3 Å². The number of para-hydroxylation sites is 1. The Morgan fingerprint density at radius 2 is 1.88 bits per heavy atom. The number of alkyl halides is 3. The van der Waals surface area contributed by atoms with Crippen molar-refractivity contribution in [1.29, 1.82) is 5.26 Å². The Kier molecular flexibility index (Phi) is 5.27. The fourth-order valence-corrected chi connectivity index (χ4v) is 2.06. The Morgan fingerprint density at radius 1 is 1.17 bits per heavy atom. The number of carbonyl (C=O) groups excluding carboxylic acids is 1. The van der Waals surface area contributed by atoms with Crippen molar-refractivity contribution in [3.8, 4) is 6.07 Å². The number of hydrogen-bond donors (Lipinski definition) is 1. The van der Waals surface area contributed by atoms with Gasteiger partial charge in [-0.2, -0.15) is 18.4 Å². The minimum atomic E-state index is -4.50. The van der Waals surface area contributed by atoms with Gasteiger partial charge < -0.3 is 5.32 Å². The lowest BCUT2D eigenvalue weighted by Crippen LogP contribution is -2.13. The van der Waals surface area contributed by atoms with Crippen molar-refractivity contribution in [1.82, 2.24) is 0 Å². The third kappa shape index (κ3) is 4.37. The zero-order valence-corrected chi connectivity index (χ0v) is 12.8. The van der Waals surface area contributed by atoms with E-state index in [1.807, 2.05) is 0 Å². The van der Waals surface area contributed by atoms with Crippen LogP contribution < -0.4 is 5.32 Å². The number of nitrogens with zero attached hydrogens (tertiary/aromatic N) is 1. The zero-order chi connectivity index (χ0) is 17.7. The molecular weight excluding hydrogens is 341 g/mol. The number of hydrogen-bond acceptors (Lipinski definition) is 2. The van der Waals surface area contributed by atoms with Gasteiger partial charge in [0.2, 0.25) is 0 Å². The van der Waals surface area contributed by atoms with Gasteiger partial charge in [0.1, 0.15) is 11.6 Å². The molecule has 0 heterocycles. The molecule has 0 fully saturated rings. The second kappa shape index (κ2) is 7.20. The first-order valence-electron chi connectivity index (χ1n) is 6.66. The zero-order valence-electron chi connectivity index (χ0n) is 12.1. The average molecular weight is 351 g/mol. The van der Waals surface area contributed by atoms with E-state index < -0.39 is 17.6 Å². The van der Waals surface area contributed by atoms with E-state index in [4.69, 9.17) is 16.9 Å². The normalized spacial score (nSPS) is 11.7. The van der Waals surface area contributed by atoms with Gasteiger partial charge in [0, 0.05) is 0 Å². The first kappa shape index (κ1) is 17.6. The minimum Gasteiger partial charge on any atom is -0.320 e. The summed E-state index contributed by atoms with van der Waals surface area (Å²) in [5.74, 6) is -0.761. The van der Waals surface area contributed by atoms with Crippen molar-refractivity contribution < 1.29 is 18.0 Å². The maximum absolute atomic E-state index is 12.7. The van der Waals surface area contributed by atoms with Crippen molar-refractivity contribution in [3.63, 3.8) is 0 Å². The molecule has 2 aromatic rings. The Morgan fingerprint density at radius 3 is 2.50 bits per heavy atom. The van der Waals surface area contributed by atoms with Crippen molar-refractivity contribution in [2.45, 2.75) is 6.18 Å². The van der Waals surface area contributed by atoms with Gasteiger partial charge in [-0.25, -0.2) is 0 Å². The van der Waals surface area contributed by atoms with Crippen LogP contribution >= 0.6 is 11.6 Å². The van der Waals surface area contributed by atoms with E-state index in [1.54, 1.807) is 30.3 Å². The summed E-state index contributed by atoms with van der Waals surface area (Å²) in [5.41, 5.74) is -0.806. The molecule has 2 aromatic carbocycles. The highest BCUT2D eigenvalue weighted by Crippen LogP contribution is 2.30. The van der Waals surface area contributed by atoms with Gasteiger partial charge in [0.25, 0.3) is 5.91 Å². The molecule has 0 radical (unpaired) electrons. The van der Waals surface area contributed by atoms with Gasteiger partial charge in [-0.15, -0.1) is 0 Å². The highest BCUT2D eigenvalue weighted by atomic mass is 35.5. The minimum absolute atomic E-state index is 0.0932. The molecule has 1 amide bonds. The predicted octanol–water partition coefficient (Wildman–Crippen LogP) is 4.90. The molecule has 0 aliphatic carbocycles. The molecule has 0 aromatic heterocycles. The van der Waals surface area contributed by atoms with E-state index >= 15 is 0 Å². The molecular formula is C17H10ClF3N2O. The summed E-state index contributed by atoms with van der Waals surface area (Å²) in [6, 6.07) is 12.4. The third-order valence-corrected chi connectivity index (χ3v) is 3.34. The second-order valence-corrected chi connectivity index (χ2v) is 5.13. The van der Waals surface area contributed by atoms with Crippen LogP contribution in [0, 0.1) is 11.3 Å². The number of halogens is 4. The Hall–Kier alpha value is -2.78. The van der Waals surface area contributed by atoms with Crippen LogP contribution in [0.15, 0.2) is 54.1 Å². The molecule has 0 aliphatic rings. The van der Waals surface area contributed by atoms with Crippen LogP contribution in [0.4, 0.5) is 18.9 Å². The van der Waals surface area contributed by atoms with Gasteiger partial charge in [-0.05, 0) is 35.9 Å². The summed E-state index contributed by atoms with van der Waals surface area (Å²) in [6.45, 7) is 0. The monoisotopic (exact) mass is 350 g/mol. The van der Waals surface area contributed by atoms with Crippen LogP contribution in [0.1, 0.15) is 11.1 Å². The van der Waals surface area contributed by atoms with Crippen LogP contribution in [-0.2, 0) is 11.0 Å². The van der Waals surface area contributed by atoms with Crippen molar-refractivity contribution in [2.75, 3.05) is 5.32 Å². The number of amides is 1. The molecule has 0 bridgehead atoms. The number of anilines is 1. The molecule has 0 saturated heterocycles. The fourth-order valence-electron chi connectivity index (χ4n) is 1.87. The first-order valence-corrected chi connectivity index (χ1v) is 7.04. The summed E-state index contributed by atoms with van der Waals surface area (Å²) in [7, 11) is 0. The second-order valence-electron chi connectivity index (χ2n) is 4.73. The first-order chi connectivity index (χ1) is 11.3. The standard InChI is InChI=1S/C17H10ClF3N2O/c18-14-6-1-2-7-15(14)23-16(24)12(10-22)8-11-4-3-5-13(9-11)17(19,20)21/h1-9H,(H,23,24)/b12-8+. The summed E-state index contributed by atoms with van der Waals surface area (Å²) < 4.78 is 38.1. The largest absolute Gasteiger partial charge is 0.416 e. The molecule has 2 rings (SSSR count). The lowest BCUT2D eigenvalue weighted by Gasteiger charge is -2.08. The fraction of sp³-hybridized carbons (Fsp3) is 0.0588. The summed E-state index contributed by atoms with van der Waals surface area (Å²) in [5, 5.41) is 11.8. The predicted molar refractivity (Wildman–Crippen MR) is 85.1 cm³/mol. The van der Waals surface area contributed by atoms with Crippen molar-refractivity contribution >= 4 is 29.3 Å². The number of rotatable bonds is 3. The van der Waals surface area contributed by atoms with Gasteiger partial charge in [-0.1, -0.05) is 35.9 Å². The van der Waals surface area contributed by atoms with Gasteiger partial charge in [0.05, 0.1) is 16.3 Å². The highest BCUT2D eigenvalue weighted by molar-refractivity contribution is 6.34. The molecule has 0 unspecified atom stereocenters. The SMILES string of the molecule is N#C/C(=C\c1cccc(C(F)(F)F)c1)C(=O)Nc1ccccc1Cl. The molecule has 1 N–H and O–H groups in total. The molecule has 0 spiro atoms. The van der Waals surface area contributed by atoms with E-state index in [0.717, 1.165) is 18.2 Å². The van der Waals surface area contributed by atoms with Gasteiger partial charge in [0.15, 0.2) is 0 Å². The number of carbonyl (C=O) groups is 1. The van der Waals surface area contributed by atoms with E-state index in [-0.39, 0.29) is 16.2 Å². The lowest BCUT2D eigenvalue weighted by molar-refractivity contribution is -0.137. The molecule has 7 heteroatoms. The quantitative estimate of drug-likeness (QED) is 0.632. The van der Waals surface area contributed by atoms with Crippen LogP contribution in [0.3, 0.4) is 0 Å². The van der Waals surface area contributed by atoms with Gasteiger partial charge in [-0.3, -0.25) is 4.79 Å².